The zero-order valence-corrected chi connectivity index (χ0v) is 20.7. The van der Waals surface area contributed by atoms with Crippen LogP contribution < -0.4 is 21.3 Å². The van der Waals surface area contributed by atoms with E-state index in [1.807, 2.05) is 52.1 Å². The van der Waals surface area contributed by atoms with Crippen LogP contribution in [0.5, 0.6) is 0 Å². The summed E-state index contributed by atoms with van der Waals surface area (Å²) in [6, 6.07) is 4.59. The van der Waals surface area contributed by atoms with E-state index in [9.17, 15) is 19.2 Å². The highest BCUT2D eigenvalue weighted by atomic mass is 127. The number of halogens is 2. The molecule has 0 saturated carbocycles. The minimum atomic E-state index is -0.601. The lowest BCUT2D eigenvalue weighted by atomic mass is 10.1. The zero-order valence-electron chi connectivity index (χ0n) is 16.4. The highest BCUT2D eigenvalue weighted by molar-refractivity contribution is 14.1. The second-order valence-corrected chi connectivity index (χ2v) is 7.20. The Bertz CT molecular complexity index is 711. The maximum absolute atomic E-state index is 12.4. The SMILES string of the molecule is CCOCCOC(=O)NCCNC(=O)c1cc(NC(=O)CI)cc(NC(=O)CI)c1. The van der Waals surface area contributed by atoms with Gasteiger partial charge >= 0.3 is 6.09 Å². The maximum Gasteiger partial charge on any atom is 0.407 e. The molecule has 0 aliphatic rings. The molecule has 166 valence electrons. The molecule has 0 heterocycles. The lowest BCUT2D eigenvalue weighted by Crippen LogP contribution is -2.35. The van der Waals surface area contributed by atoms with Gasteiger partial charge in [-0.1, -0.05) is 45.2 Å². The number of anilines is 2. The van der Waals surface area contributed by atoms with E-state index in [4.69, 9.17) is 9.47 Å². The van der Waals surface area contributed by atoms with Crippen molar-refractivity contribution in [3.8, 4) is 0 Å². The van der Waals surface area contributed by atoms with Crippen LogP contribution in [-0.4, -0.2) is 65.6 Å². The molecule has 0 fully saturated rings. The van der Waals surface area contributed by atoms with Crippen LogP contribution in [0.15, 0.2) is 18.2 Å². The molecule has 4 amide bonds. The van der Waals surface area contributed by atoms with Gasteiger partial charge in [0.05, 0.1) is 15.5 Å². The van der Waals surface area contributed by atoms with Crippen LogP contribution in [0.4, 0.5) is 16.2 Å². The molecule has 4 N–H and O–H groups in total. The maximum atomic E-state index is 12.4. The van der Waals surface area contributed by atoms with Crippen LogP contribution in [-0.2, 0) is 19.1 Å². The number of benzene rings is 1. The third kappa shape index (κ3) is 10.9. The van der Waals surface area contributed by atoms with Crippen molar-refractivity contribution in [1.29, 1.82) is 0 Å². The van der Waals surface area contributed by atoms with Gasteiger partial charge in [-0.05, 0) is 25.1 Å². The molecule has 0 atom stereocenters. The molecule has 0 spiro atoms. The summed E-state index contributed by atoms with van der Waals surface area (Å²) in [6.07, 6.45) is -0.601. The monoisotopic (exact) mass is 646 g/mol. The van der Waals surface area contributed by atoms with Crippen molar-refractivity contribution < 1.29 is 28.7 Å². The Kier molecular flexibility index (Phi) is 13.3. The van der Waals surface area contributed by atoms with E-state index < -0.39 is 12.0 Å². The Balaban J connectivity index is 2.62. The van der Waals surface area contributed by atoms with E-state index >= 15 is 0 Å². The van der Waals surface area contributed by atoms with Crippen molar-refractivity contribution in [3.63, 3.8) is 0 Å². The fraction of sp³-hybridized carbons (Fsp3) is 0.444. The molecule has 1 rings (SSSR count). The summed E-state index contributed by atoms with van der Waals surface area (Å²) in [6.45, 7) is 3.19. The molecule has 10 nitrogen and oxygen atoms in total. The third-order valence-corrected chi connectivity index (χ3v) is 4.74. The first-order valence-electron chi connectivity index (χ1n) is 9.02. The molecule has 0 bridgehead atoms. The van der Waals surface area contributed by atoms with Gasteiger partial charge in [-0.3, -0.25) is 14.4 Å². The molecule has 12 heteroatoms. The van der Waals surface area contributed by atoms with E-state index in [0.29, 0.717) is 24.6 Å². The van der Waals surface area contributed by atoms with Crippen molar-refractivity contribution in [2.24, 2.45) is 0 Å². The van der Waals surface area contributed by atoms with Crippen LogP contribution in [0.3, 0.4) is 0 Å². The number of carbonyl (C=O) groups excluding carboxylic acids is 4. The smallest absolute Gasteiger partial charge is 0.407 e. The Hall–Kier alpha value is -1.68. The topological polar surface area (TPSA) is 135 Å². The Morgan fingerprint density at radius 2 is 1.43 bits per heavy atom. The summed E-state index contributed by atoms with van der Waals surface area (Å²) >= 11 is 3.85. The lowest BCUT2D eigenvalue weighted by molar-refractivity contribution is -0.114. The highest BCUT2D eigenvalue weighted by Gasteiger charge is 2.12. The molecule has 1 aromatic carbocycles. The number of alkyl carbamates (subject to hydrolysis) is 1. The second kappa shape index (κ2) is 15.2. The standard InChI is InChI=1S/C18H24I2N4O6/c1-2-29-5-6-30-18(28)22-4-3-21-17(27)12-7-13(23-15(25)10-19)9-14(8-12)24-16(26)11-20/h7-9H,2-6,10-11H2,1H3,(H,21,27)(H,22,28)(H,23,25)(H,24,26). The number of hydrogen-bond donors (Lipinski definition) is 4. The first-order chi connectivity index (χ1) is 14.4. The minimum Gasteiger partial charge on any atom is -0.447 e. The molecule has 0 saturated heterocycles. The fourth-order valence-corrected chi connectivity index (χ4v) is 2.50. The first kappa shape index (κ1) is 26.4. The number of rotatable bonds is 12. The summed E-state index contributed by atoms with van der Waals surface area (Å²) in [5, 5.41) is 10.5. The van der Waals surface area contributed by atoms with E-state index in [1.165, 1.54) is 12.1 Å². The average Bonchev–Trinajstić information content (AvgIpc) is 2.73. The first-order valence-corrected chi connectivity index (χ1v) is 12.1. The molecule has 30 heavy (non-hydrogen) atoms. The van der Waals surface area contributed by atoms with Crippen LogP contribution >= 0.6 is 45.2 Å². The quantitative estimate of drug-likeness (QED) is 0.156. The van der Waals surface area contributed by atoms with Crippen LogP contribution in [0.25, 0.3) is 0 Å². The molecular weight excluding hydrogens is 622 g/mol. The number of hydrogen-bond acceptors (Lipinski definition) is 6. The van der Waals surface area contributed by atoms with Gasteiger partial charge in [0.25, 0.3) is 5.91 Å². The summed E-state index contributed by atoms with van der Waals surface area (Å²) in [4.78, 5) is 47.3. The molecule has 0 aliphatic heterocycles. The molecular formula is C18H24I2N4O6. The van der Waals surface area contributed by atoms with Crippen LogP contribution in [0, 0.1) is 0 Å². The van der Waals surface area contributed by atoms with Gasteiger partial charge in [0.2, 0.25) is 11.8 Å². The van der Waals surface area contributed by atoms with Gasteiger partial charge in [-0.15, -0.1) is 0 Å². The van der Waals surface area contributed by atoms with Crippen molar-refractivity contribution >= 4 is 80.4 Å². The molecule has 1 aromatic rings. The summed E-state index contributed by atoms with van der Waals surface area (Å²) < 4.78 is 10.4. The summed E-state index contributed by atoms with van der Waals surface area (Å²) in [5.74, 6) is -0.880. The predicted molar refractivity (Wildman–Crippen MR) is 130 cm³/mol. The Morgan fingerprint density at radius 3 is 1.97 bits per heavy atom. The molecule has 0 unspecified atom stereocenters. The van der Waals surface area contributed by atoms with Crippen LogP contribution in [0.1, 0.15) is 17.3 Å². The van der Waals surface area contributed by atoms with Crippen LogP contribution in [0.2, 0.25) is 0 Å². The van der Waals surface area contributed by atoms with Gasteiger partial charge in [0.1, 0.15) is 6.61 Å². The normalized spacial score (nSPS) is 10.1. The number of carbonyl (C=O) groups is 4. The lowest BCUT2D eigenvalue weighted by Gasteiger charge is -2.12. The molecule has 0 aromatic heterocycles. The average molecular weight is 646 g/mol. The van der Waals surface area contributed by atoms with E-state index in [-0.39, 0.29) is 45.9 Å². The second-order valence-electron chi connectivity index (χ2n) is 5.68. The summed E-state index contributed by atoms with van der Waals surface area (Å²) in [7, 11) is 0. The fourth-order valence-electron chi connectivity index (χ4n) is 2.12. The predicted octanol–water partition coefficient (Wildman–Crippen LogP) is 1.93. The zero-order chi connectivity index (χ0) is 22.4. The van der Waals surface area contributed by atoms with E-state index in [2.05, 4.69) is 21.3 Å². The van der Waals surface area contributed by atoms with Gasteiger partial charge < -0.3 is 30.7 Å². The Morgan fingerprint density at radius 1 is 0.867 bits per heavy atom. The molecule has 0 radical (unpaired) electrons. The molecule has 0 aliphatic carbocycles. The highest BCUT2D eigenvalue weighted by Crippen LogP contribution is 2.20. The van der Waals surface area contributed by atoms with E-state index in [0.717, 1.165) is 0 Å². The number of alkyl halides is 2. The number of ether oxygens (including phenoxy) is 2. The third-order valence-electron chi connectivity index (χ3n) is 3.35. The van der Waals surface area contributed by atoms with Gasteiger partial charge in [0.15, 0.2) is 0 Å². The minimum absolute atomic E-state index is 0.146. The van der Waals surface area contributed by atoms with Crippen molar-refractivity contribution in [2.75, 3.05) is 52.4 Å². The Labute approximate surface area is 201 Å². The van der Waals surface area contributed by atoms with E-state index in [1.54, 1.807) is 6.07 Å². The van der Waals surface area contributed by atoms with Crippen molar-refractivity contribution in [2.45, 2.75) is 6.92 Å². The van der Waals surface area contributed by atoms with Crippen molar-refractivity contribution in [3.05, 3.63) is 23.8 Å². The largest absolute Gasteiger partial charge is 0.447 e. The number of nitrogens with one attached hydrogen (secondary N) is 4. The van der Waals surface area contributed by atoms with Gasteiger partial charge in [0, 0.05) is 36.6 Å². The van der Waals surface area contributed by atoms with Gasteiger partial charge in [-0.25, -0.2) is 4.79 Å². The number of amides is 4. The van der Waals surface area contributed by atoms with Gasteiger partial charge in [-0.2, -0.15) is 0 Å². The summed E-state index contributed by atoms with van der Waals surface area (Å²) in [5.41, 5.74) is 1.04. The van der Waals surface area contributed by atoms with Crippen molar-refractivity contribution in [1.82, 2.24) is 10.6 Å².